The van der Waals surface area contributed by atoms with Crippen molar-refractivity contribution in [2.45, 2.75) is 25.3 Å². The topological polar surface area (TPSA) is 80.5 Å². The summed E-state index contributed by atoms with van der Waals surface area (Å²) in [6.45, 7) is 1.83. The van der Waals surface area contributed by atoms with E-state index in [0.717, 1.165) is 31.5 Å². The fourth-order valence-electron chi connectivity index (χ4n) is 3.52. The monoisotopic (exact) mass is 392 g/mol. The van der Waals surface area contributed by atoms with Gasteiger partial charge in [0.05, 0.1) is 12.7 Å². The zero-order valence-electron chi connectivity index (χ0n) is 16.4. The maximum absolute atomic E-state index is 13.0. The molecule has 7 heteroatoms. The van der Waals surface area contributed by atoms with E-state index in [1.807, 2.05) is 42.5 Å². The summed E-state index contributed by atoms with van der Waals surface area (Å²) in [4.78, 5) is 15.1. The van der Waals surface area contributed by atoms with Gasteiger partial charge in [-0.1, -0.05) is 47.6 Å². The second-order valence-corrected chi connectivity index (χ2v) is 7.03. The number of amides is 1. The molecule has 0 bridgehead atoms. The first kappa shape index (κ1) is 19.0. The van der Waals surface area contributed by atoms with E-state index in [1.54, 1.807) is 19.2 Å². The van der Waals surface area contributed by atoms with Gasteiger partial charge >= 0.3 is 6.01 Å². The van der Waals surface area contributed by atoms with Crippen LogP contribution in [-0.2, 0) is 6.42 Å². The Morgan fingerprint density at radius 3 is 2.59 bits per heavy atom. The number of carbonyl (C=O) groups is 1. The molecule has 1 unspecified atom stereocenters. The minimum absolute atomic E-state index is 0.246. The lowest BCUT2D eigenvalue weighted by Crippen LogP contribution is -2.30. The third-order valence-corrected chi connectivity index (χ3v) is 5.04. The Balaban J connectivity index is 1.59. The summed E-state index contributed by atoms with van der Waals surface area (Å²) < 4.78 is 11.3. The highest BCUT2D eigenvalue weighted by Gasteiger charge is 2.26. The largest absolute Gasteiger partial charge is 0.496 e. The van der Waals surface area contributed by atoms with Crippen LogP contribution in [0, 0.1) is 0 Å². The third kappa shape index (κ3) is 4.39. The van der Waals surface area contributed by atoms with Gasteiger partial charge in [0, 0.05) is 19.5 Å². The molecule has 1 aliphatic rings. The second kappa shape index (κ2) is 8.77. The molecule has 2 heterocycles. The van der Waals surface area contributed by atoms with Crippen LogP contribution in [0.4, 0.5) is 6.01 Å². The Morgan fingerprint density at radius 2 is 1.83 bits per heavy atom. The maximum atomic E-state index is 13.0. The van der Waals surface area contributed by atoms with Gasteiger partial charge in [-0.2, -0.15) is 0 Å². The van der Waals surface area contributed by atoms with Crippen LogP contribution in [0.25, 0.3) is 0 Å². The number of para-hydroxylation sites is 1. The van der Waals surface area contributed by atoms with Gasteiger partial charge in [0.25, 0.3) is 5.91 Å². The zero-order chi connectivity index (χ0) is 20.1. The molecule has 1 N–H and O–H groups in total. The molecule has 29 heavy (non-hydrogen) atoms. The molecule has 0 radical (unpaired) electrons. The van der Waals surface area contributed by atoms with Gasteiger partial charge in [-0.3, -0.25) is 4.79 Å². The average Bonchev–Trinajstić information content (AvgIpc) is 3.46. The molecule has 0 aliphatic carbocycles. The number of hydrogen-bond donors (Lipinski definition) is 1. The fraction of sp³-hybridized carbons (Fsp3) is 0.318. The molecule has 0 spiro atoms. The van der Waals surface area contributed by atoms with Crippen molar-refractivity contribution in [1.82, 2.24) is 15.5 Å². The van der Waals surface area contributed by atoms with Crippen LogP contribution < -0.4 is 15.0 Å². The number of carbonyl (C=O) groups excluding carboxylic acids is 1. The Hall–Kier alpha value is -3.35. The molecule has 1 atom stereocenters. The zero-order valence-corrected chi connectivity index (χ0v) is 16.4. The predicted octanol–water partition coefficient (Wildman–Crippen LogP) is 3.39. The number of anilines is 1. The molecule has 1 amide bonds. The highest BCUT2D eigenvalue weighted by atomic mass is 16.5. The summed E-state index contributed by atoms with van der Waals surface area (Å²) >= 11 is 0. The highest BCUT2D eigenvalue weighted by Crippen LogP contribution is 2.25. The van der Waals surface area contributed by atoms with Crippen LogP contribution in [0.2, 0.25) is 0 Å². The Bertz CT molecular complexity index is 951. The summed E-state index contributed by atoms with van der Waals surface area (Å²) in [7, 11) is 1.55. The molecule has 3 aromatic rings. The van der Waals surface area contributed by atoms with Crippen LogP contribution >= 0.6 is 0 Å². The fourth-order valence-corrected chi connectivity index (χ4v) is 3.52. The highest BCUT2D eigenvalue weighted by molar-refractivity contribution is 5.97. The van der Waals surface area contributed by atoms with Crippen molar-refractivity contribution in [3.8, 4) is 5.75 Å². The van der Waals surface area contributed by atoms with Crippen molar-refractivity contribution in [2.75, 3.05) is 25.1 Å². The molecule has 7 nitrogen and oxygen atoms in total. The SMILES string of the molecule is COc1ccccc1C(=O)NC(Cc1ccccc1)c1nnc(N2CCCC2)o1. The van der Waals surface area contributed by atoms with Gasteiger partial charge in [0.15, 0.2) is 0 Å². The first-order chi connectivity index (χ1) is 14.2. The average molecular weight is 392 g/mol. The normalized spacial score (nSPS) is 14.6. The number of aromatic nitrogens is 2. The standard InChI is InChI=1S/C22H24N4O3/c1-28-19-12-6-5-11-17(19)20(27)23-18(15-16-9-3-2-4-10-16)21-24-25-22(29-21)26-13-7-8-14-26/h2-6,9-12,18H,7-8,13-15H2,1H3,(H,23,27). The number of nitrogens with one attached hydrogen (secondary N) is 1. The molecular weight excluding hydrogens is 368 g/mol. The number of hydrogen-bond acceptors (Lipinski definition) is 6. The van der Waals surface area contributed by atoms with Crippen molar-refractivity contribution in [2.24, 2.45) is 0 Å². The number of rotatable bonds is 7. The van der Waals surface area contributed by atoms with E-state index in [4.69, 9.17) is 9.15 Å². The van der Waals surface area contributed by atoms with Crippen LogP contribution in [0.15, 0.2) is 59.0 Å². The van der Waals surface area contributed by atoms with Gasteiger partial charge in [-0.25, -0.2) is 0 Å². The van der Waals surface area contributed by atoms with E-state index >= 15 is 0 Å². The first-order valence-electron chi connectivity index (χ1n) is 9.81. The van der Waals surface area contributed by atoms with Crippen molar-refractivity contribution in [1.29, 1.82) is 0 Å². The minimum atomic E-state index is -0.446. The lowest BCUT2D eigenvalue weighted by atomic mass is 10.1. The van der Waals surface area contributed by atoms with E-state index in [9.17, 15) is 4.79 Å². The Kier molecular flexibility index (Phi) is 5.74. The van der Waals surface area contributed by atoms with Gasteiger partial charge in [-0.05, 0) is 30.5 Å². The number of methoxy groups -OCH3 is 1. The van der Waals surface area contributed by atoms with E-state index in [-0.39, 0.29) is 5.91 Å². The lowest BCUT2D eigenvalue weighted by molar-refractivity contribution is 0.0927. The molecule has 1 saturated heterocycles. The molecule has 1 aliphatic heterocycles. The van der Waals surface area contributed by atoms with E-state index < -0.39 is 6.04 Å². The molecule has 0 saturated carbocycles. The maximum Gasteiger partial charge on any atom is 0.318 e. The van der Waals surface area contributed by atoms with Crippen LogP contribution in [0.5, 0.6) is 5.75 Å². The second-order valence-electron chi connectivity index (χ2n) is 7.03. The van der Waals surface area contributed by atoms with E-state index in [2.05, 4.69) is 20.4 Å². The molecule has 1 fully saturated rings. The van der Waals surface area contributed by atoms with Gasteiger partial charge in [-0.15, -0.1) is 5.10 Å². The predicted molar refractivity (Wildman–Crippen MR) is 109 cm³/mol. The first-order valence-corrected chi connectivity index (χ1v) is 9.81. The van der Waals surface area contributed by atoms with Crippen molar-refractivity contribution in [3.63, 3.8) is 0 Å². The number of nitrogens with zero attached hydrogens (tertiary/aromatic N) is 3. The molecule has 4 rings (SSSR count). The summed E-state index contributed by atoms with van der Waals surface area (Å²) in [6, 6.07) is 17.1. The van der Waals surface area contributed by atoms with E-state index in [1.165, 1.54) is 0 Å². The van der Waals surface area contributed by atoms with Crippen LogP contribution in [0.1, 0.15) is 40.7 Å². The Labute approximate surface area is 169 Å². The summed E-state index contributed by atoms with van der Waals surface area (Å²) in [5, 5.41) is 11.5. The lowest BCUT2D eigenvalue weighted by Gasteiger charge is -2.17. The molecular formula is C22H24N4O3. The van der Waals surface area contributed by atoms with Gasteiger partial charge in [0.1, 0.15) is 11.8 Å². The smallest absolute Gasteiger partial charge is 0.318 e. The van der Waals surface area contributed by atoms with Crippen molar-refractivity contribution >= 4 is 11.9 Å². The molecule has 150 valence electrons. The van der Waals surface area contributed by atoms with Gasteiger partial charge < -0.3 is 19.4 Å². The summed E-state index contributed by atoms with van der Waals surface area (Å²) in [5.74, 6) is 0.676. The third-order valence-electron chi connectivity index (χ3n) is 5.04. The minimum Gasteiger partial charge on any atom is -0.496 e. The summed E-state index contributed by atoms with van der Waals surface area (Å²) in [5.41, 5.74) is 1.53. The van der Waals surface area contributed by atoms with Crippen molar-refractivity contribution in [3.05, 3.63) is 71.6 Å². The molecule has 1 aromatic heterocycles. The molecule has 2 aromatic carbocycles. The van der Waals surface area contributed by atoms with E-state index in [0.29, 0.717) is 29.6 Å². The quantitative estimate of drug-likeness (QED) is 0.664. The van der Waals surface area contributed by atoms with Crippen LogP contribution in [-0.4, -0.2) is 36.3 Å². The number of benzene rings is 2. The number of ether oxygens (including phenoxy) is 1. The van der Waals surface area contributed by atoms with Crippen LogP contribution in [0.3, 0.4) is 0 Å². The van der Waals surface area contributed by atoms with Gasteiger partial charge in [0.2, 0.25) is 5.89 Å². The summed E-state index contributed by atoms with van der Waals surface area (Å²) in [6.07, 6.45) is 2.79. The van der Waals surface area contributed by atoms with Crippen molar-refractivity contribution < 1.29 is 13.9 Å². The Morgan fingerprint density at radius 1 is 1.10 bits per heavy atom.